The highest BCUT2D eigenvalue weighted by molar-refractivity contribution is 6.34. The van der Waals surface area contributed by atoms with Gasteiger partial charge in [-0.25, -0.2) is 0 Å². The zero-order valence-electron chi connectivity index (χ0n) is 14.5. The molecular weight excluding hydrogens is 354 g/mol. The number of hydrogen-bond donors (Lipinski definition) is 1. The van der Waals surface area contributed by atoms with Crippen molar-refractivity contribution in [1.29, 1.82) is 0 Å². The number of rotatable bonds is 4. The zero-order valence-corrected chi connectivity index (χ0v) is 15.3. The fourth-order valence-corrected chi connectivity index (χ4v) is 3.61. The van der Waals surface area contributed by atoms with E-state index in [0.29, 0.717) is 16.3 Å². The molecule has 2 aromatic carbocycles. The molecule has 3 rings (SSSR count). The molecular formula is C19H20ClN3O3. The van der Waals surface area contributed by atoms with Crippen LogP contribution in [-0.4, -0.2) is 23.9 Å². The average molecular weight is 374 g/mol. The van der Waals surface area contributed by atoms with E-state index < -0.39 is 4.92 Å². The Balaban J connectivity index is 1.92. The van der Waals surface area contributed by atoms with Crippen molar-refractivity contribution in [2.75, 3.05) is 23.3 Å². The summed E-state index contributed by atoms with van der Waals surface area (Å²) in [5.74, 6) is -0.383. The first kappa shape index (κ1) is 18.2. The van der Waals surface area contributed by atoms with E-state index in [-0.39, 0.29) is 17.2 Å². The van der Waals surface area contributed by atoms with Crippen LogP contribution < -0.4 is 10.2 Å². The number of carbonyl (C=O) groups excluding carboxylic acids is 1. The van der Waals surface area contributed by atoms with Crippen LogP contribution >= 0.6 is 11.6 Å². The van der Waals surface area contributed by atoms with Crippen molar-refractivity contribution in [1.82, 2.24) is 0 Å². The summed E-state index contributed by atoms with van der Waals surface area (Å²) in [7, 11) is 0. The molecule has 0 aliphatic carbocycles. The predicted octanol–water partition coefficient (Wildman–Crippen LogP) is 4.80. The molecule has 6 nitrogen and oxygen atoms in total. The van der Waals surface area contributed by atoms with E-state index in [1.165, 1.54) is 18.6 Å². The lowest BCUT2D eigenvalue weighted by Gasteiger charge is -2.31. The SMILES string of the molecule is Cc1c(C(=O)Nc2cccc(Cl)c2N2CCCCC2)cccc1[N+](=O)[O-]. The van der Waals surface area contributed by atoms with Crippen molar-refractivity contribution >= 4 is 34.6 Å². The molecule has 2 aromatic rings. The van der Waals surface area contributed by atoms with E-state index in [1.807, 2.05) is 0 Å². The van der Waals surface area contributed by atoms with Gasteiger partial charge in [-0.15, -0.1) is 0 Å². The van der Waals surface area contributed by atoms with Crippen molar-refractivity contribution in [2.45, 2.75) is 26.2 Å². The minimum Gasteiger partial charge on any atom is -0.369 e. The second-order valence-electron chi connectivity index (χ2n) is 6.34. The maximum Gasteiger partial charge on any atom is 0.273 e. The molecule has 1 amide bonds. The number of nitro groups is 1. The fraction of sp³-hybridized carbons (Fsp3) is 0.316. The number of anilines is 2. The largest absolute Gasteiger partial charge is 0.369 e. The van der Waals surface area contributed by atoms with Crippen molar-refractivity contribution in [3.8, 4) is 0 Å². The van der Waals surface area contributed by atoms with Crippen LogP contribution in [0, 0.1) is 17.0 Å². The maximum atomic E-state index is 12.8. The van der Waals surface area contributed by atoms with E-state index >= 15 is 0 Å². The number of amides is 1. The number of nitro benzene ring substituents is 1. The molecule has 0 bridgehead atoms. The average Bonchev–Trinajstić information content (AvgIpc) is 2.62. The lowest BCUT2D eigenvalue weighted by atomic mass is 10.1. The Bertz CT molecular complexity index is 848. The zero-order chi connectivity index (χ0) is 18.7. The number of benzene rings is 2. The van der Waals surface area contributed by atoms with E-state index in [1.54, 1.807) is 31.2 Å². The van der Waals surface area contributed by atoms with Crippen LogP contribution in [0.15, 0.2) is 36.4 Å². The minimum absolute atomic E-state index is 0.0694. The molecule has 1 N–H and O–H groups in total. The van der Waals surface area contributed by atoms with Gasteiger partial charge in [-0.1, -0.05) is 23.7 Å². The van der Waals surface area contributed by atoms with Crippen LogP contribution in [0.4, 0.5) is 17.1 Å². The summed E-state index contributed by atoms with van der Waals surface area (Å²) in [6.07, 6.45) is 3.36. The normalized spacial score (nSPS) is 14.2. The second kappa shape index (κ2) is 7.74. The molecule has 0 aromatic heterocycles. The van der Waals surface area contributed by atoms with Gasteiger partial charge >= 0.3 is 0 Å². The van der Waals surface area contributed by atoms with E-state index in [9.17, 15) is 14.9 Å². The first-order valence-corrected chi connectivity index (χ1v) is 8.95. The third kappa shape index (κ3) is 3.65. The van der Waals surface area contributed by atoms with E-state index in [0.717, 1.165) is 31.6 Å². The molecule has 26 heavy (non-hydrogen) atoms. The monoisotopic (exact) mass is 373 g/mol. The van der Waals surface area contributed by atoms with Crippen LogP contribution in [0.1, 0.15) is 35.2 Å². The van der Waals surface area contributed by atoms with Crippen molar-refractivity contribution in [3.63, 3.8) is 0 Å². The van der Waals surface area contributed by atoms with Crippen LogP contribution in [0.5, 0.6) is 0 Å². The number of halogens is 1. The first-order chi connectivity index (χ1) is 12.5. The van der Waals surface area contributed by atoms with Gasteiger partial charge in [0.05, 0.1) is 21.3 Å². The number of hydrogen-bond acceptors (Lipinski definition) is 4. The van der Waals surface area contributed by atoms with Gasteiger partial charge in [-0.05, 0) is 44.4 Å². The van der Waals surface area contributed by atoms with Crippen LogP contribution in [0.2, 0.25) is 5.02 Å². The third-order valence-electron chi connectivity index (χ3n) is 4.65. The Morgan fingerprint density at radius 3 is 2.54 bits per heavy atom. The molecule has 0 radical (unpaired) electrons. The van der Waals surface area contributed by atoms with Gasteiger partial charge in [0.2, 0.25) is 0 Å². The van der Waals surface area contributed by atoms with Gasteiger partial charge in [-0.3, -0.25) is 14.9 Å². The molecule has 7 heteroatoms. The Morgan fingerprint density at radius 2 is 1.85 bits per heavy atom. The molecule has 0 saturated carbocycles. The smallest absolute Gasteiger partial charge is 0.273 e. The highest BCUT2D eigenvalue weighted by Crippen LogP contribution is 2.36. The minimum atomic E-state index is -0.481. The third-order valence-corrected chi connectivity index (χ3v) is 4.96. The number of carbonyl (C=O) groups is 1. The van der Waals surface area contributed by atoms with Gasteiger partial charge in [-0.2, -0.15) is 0 Å². The van der Waals surface area contributed by atoms with Crippen molar-refractivity contribution in [3.05, 3.63) is 62.7 Å². The number of piperidine rings is 1. The molecule has 1 heterocycles. The summed E-state index contributed by atoms with van der Waals surface area (Å²) in [5, 5.41) is 14.6. The molecule has 1 aliphatic heterocycles. The fourth-order valence-electron chi connectivity index (χ4n) is 3.31. The summed E-state index contributed by atoms with van der Waals surface area (Å²) in [6, 6.07) is 9.89. The lowest BCUT2D eigenvalue weighted by Crippen LogP contribution is -2.30. The lowest BCUT2D eigenvalue weighted by molar-refractivity contribution is -0.385. The summed E-state index contributed by atoms with van der Waals surface area (Å²) < 4.78 is 0. The van der Waals surface area contributed by atoms with Crippen molar-refractivity contribution < 1.29 is 9.72 Å². The molecule has 0 spiro atoms. The summed E-state index contributed by atoms with van der Waals surface area (Å²) in [5.41, 5.74) is 1.99. The Kier molecular flexibility index (Phi) is 5.42. The standard InChI is InChI=1S/C19H20ClN3O3/c1-13-14(7-5-10-17(13)23(25)26)19(24)21-16-9-6-8-15(20)18(16)22-11-3-2-4-12-22/h5-10H,2-4,11-12H2,1H3,(H,21,24). The Morgan fingerprint density at radius 1 is 1.15 bits per heavy atom. The number of nitrogens with zero attached hydrogens (tertiary/aromatic N) is 2. The summed E-state index contributed by atoms with van der Waals surface area (Å²) in [6.45, 7) is 3.36. The summed E-state index contributed by atoms with van der Waals surface area (Å²) >= 11 is 6.41. The second-order valence-corrected chi connectivity index (χ2v) is 6.75. The number of nitrogens with one attached hydrogen (secondary N) is 1. The first-order valence-electron chi connectivity index (χ1n) is 8.58. The molecule has 1 aliphatic rings. The molecule has 136 valence electrons. The van der Waals surface area contributed by atoms with Gasteiger partial charge in [0.15, 0.2) is 0 Å². The molecule has 0 atom stereocenters. The Labute approximate surface area is 156 Å². The Hall–Kier alpha value is -2.60. The van der Waals surface area contributed by atoms with Crippen molar-refractivity contribution in [2.24, 2.45) is 0 Å². The highest BCUT2D eigenvalue weighted by Gasteiger charge is 2.21. The quantitative estimate of drug-likeness (QED) is 0.617. The topological polar surface area (TPSA) is 75.5 Å². The maximum absolute atomic E-state index is 12.8. The van der Waals surface area contributed by atoms with E-state index in [2.05, 4.69) is 10.2 Å². The van der Waals surface area contributed by atoms with E-state index in [4.69, 9.17) is 11.6 Å². The van der Waals surface area contributed by atoms with Crippen LogP contribution in [0.25, 0.3) is 0 Å². The van der Waals surface area contributed by atoms with Crippen LogP contribution in [0.3, 0.4) is 0 Å². The highest BCUT2D eigenvalue weighted by atomic mass is 35.5. The van der Waals surface area contributed by atoms with Gasteiger partial charge in [0.25, 0.3) is 11.6 Å². The van der Waals surface area contributed by atoms with Gasteiger partial charge in [0, 0.05) is 30.3 Å². The van der Waals surface area contributed by atoms with Gasteiger partial charge in [0.1, 0.15) is 0 Å². The van der Waals surface area contributed by atoms with Gasteiger partial charge < -0.3 is 10.2 Å². The molecule has 1 saturated heterocycles. The predicted molar refractivity (Wildman–Crippen MR) is 103 cm³/mol. The molecule has 1 fully saturated rings. The summed E-state index contributed by atoms with van der Waals surface area (Å²) in [4.78, 5) is 25.6. The van der Waals surface area contributed by atoms with Crippen LogP contribution in [-0.2, 0) is 0 Å². The number of para-hydroxylation sites is 1. The molecule has 0 unspecified atom stereocenters.